The van der Waals surface area contributed by atoms with Crippen LogP contribution in [0.25, 0.3) is 0 Å². The number of alkyl halides is 1. The van der Waals surface area contributed by atoms with Crippen LogP contribution in [0, 0.1) is 0 Å². The van der Waals surface area contributed by atoms with Crippen LogP contribution >= 0.6 is 11.6 Å². The first-order valence-electron chi connectivity index (χ1n) is 5.21. The summed E-state index contributed by atoms with van der Waals surface area (Å²) in [5.41, 5.74) is 1.05. The first kappa shape index (κ1) is 13.3. The summed E-state index contributed by atoms with van der Waals surface area (Å²) < 4.78 is 10.6. The van der Waals surface area contributed by atoms with Crippen LogP contribution in [0.3, 0.4) is 0 Å². The molecule has 16 heavy (non-hydrogen) atoms. The molecule has 1 aromatic rings. The zero-order valence-corrected chi connectivity index (χ0v) is 10.1. The standard InChI is InChI=1S/C12H17ClO3/c1-15-11-4-2-10(3-5-11)9-16-12(8-14)6-7-13/h2-5,12,14H,6-9H2,1H3/t12-/m0/s1. The van der Waals surface area contributed by atoms with E-state index in [0.717, 1.165) is 11.3 Å². The predicted molar refractivity (Wildman–Crippen MR) is 64.0 cm³/mol. The van der Waals surface area contributed by atoms with E-state index < -0.39 is 0 Å². The third kappa shape index (κ3) is 4.39. The lowest BCUT2D eigenvalue weighted by molar-refractivity contribution is 0.00126. The van der Waals surface area contributed by atoms with Crippen molar-refractivity contribution < 1.29 is 14.6 Å². The van der Waals surface area contributed by atoms with Gasteiger partial charge in [0, 0.05) is 5.88 Å². The molecule has 0 aliphatic heterocycles. The highest BCUT2D eigenvalue weighted by molar-refractivity contribution is 6.17. The average Bonchev–Trinajstić information content (AvgIpc) is 2.35. The Morgan fingerprint density at radius 1 is 1.31 bits per heavy atom. The minimum Gasteiger partial charge on any atom is -0.497 e. The monoisotopic (exact) mass is 244 g/mol. The first-order valence-corrected chi connectivity index (χ1v) is 5.75. The topological polar surface area (TPSA) is 38.7 Å². The summed E-state index contributed by atoms with van der Waals surface area (Å²) in [4.78, 5) is 0. The molecule has 0 amide bonds. The summed E-state index contributed by atoms with van der Waals surface area (Å²) in [6.45, 7) is 0.481. The molecule has 0 aliphatic carbocycles. The number of hydrogen-bond acceptors (Lipinski definition) is 3. The van der Waals surface area contributed by atoms with Crippen molar-refractivity contribution >= 4 is 11.6 Å². The van der Waals surface area contributed by atoms with E-state index in [-0.39, 0.29) is 12.7 Å². The van der Waals surface area contributed by atoms with Crippen LogP contribution in [0.2, 0.25) is 0 Å². The van der Waals surface area contributed by atoms with Gasteiger partial charge in [-0.15, -0.1) is 11.6 Å². The quantitative estimate of drug-likeness (QED) is 0.748. The Hall–Kier alpha value is -0.770. The van der Waals surface area contributed by atoms with Gasteiger partial charge in [0.1, 0.15) is 5.75 Å². The van der Waals surface area contributed by atoms with Gasteiger partial charge >= 0.3 is 0 Å². The molecule has 0 radical (unpaired) electrons. The van der Waals surface area contributed by atoms with Crippen LogP contribution in [0.15, 0.2) is 24.3 Å². The van der Waals surface area contributed by atoms with Gasteiger partial charge in [0.2, 0.25) is 0 Å². The molecular weight excluding hydrogens is 228 g/mol. The fourth-order valence-electron chi connectivity index (χ4n) is 1.28. The summed E-state index contributed by atoms with van der Waals surface area (Å²) in [5.74, 6) is 1.32. The second-order valence-electron chi connectivity index (χ2n) is 3.44. The largest absolute Gasteiger partial charge is 0.497 e. The third-order valence-corrected chi connectivity index (χ3v) is 2.50. The fraction of sp³-hybridized carbons (Fsp3) is 0.500. The van der Waals surface area contributed by atoms with Crippen LogP contribution in [-0.2, 0) is 11.3 Å². The fourth-order valence-corrected chi connectivity index (χ4v) is 1.53. The lowest BCUT2D eigenvalue weighted by atomic mass is 10.2. The van der Waals surface area contributed by atoms with E-state index in [0.29, 0.717) is 18.9 Å². The maximum atomic E-state index is 9.01. The van der Waals surface area contributed by atoms with Gasteiger partial charge < -0.3 is 14.6 Å². The molecule has 0 saturated heterocycles. The van der Waals surface area contributed by atoms with Crippen LogP contribution < -0.4 is 4.74 Å². The molecule has 0 unspecified atom stereocenters. The van der Waals surface area contributed by atoms with Gasteiger partial charge in [-0.05, 0) is 24.1 Å². The average molecular weight is 245 g/mol. The number of aliphatic hydroxyl groups is 1. The van der Waals surface area contributed by atoms with Gasteiger partial charge in [0.15, 0.2) is 0 Å². The van der Waals surface area contributed by atoms with E-state index >= 15 is 0 Å². The summed E-state index contributed by atoms with van der Waals surface area (Å²) in [7, 11) is 1.63. The Labute approximate surface area is 101 Å². The van der Waals surface area contributed by atoms with E-state index in [1.54, 1.807) is 7.11 Å². The Bertz CT molecular complexity index is 287. The van der Waals surface area contributed by atoms with Crippen LogP contribution in [-0.4, -0.2) is 30.8 Å². The Balaban J connectivity index is 2.40. The van der Waals surface area contributed by atoms with Crippen molar-refractivity contribution in [1.82, 2.24) is 0 Å². The molecule has 0 aliphatic rings. The van der Waals surface area contributed by atoms with Crippen molar-refractivity contribution in [2.24, 2.45) is 0 Å². The maximum absolute atomic E-state index is 9.01. The van der Waals surface area contributed by atoms with Crippen LogP contribution in [0.4, 0.5) is 0 Å². The number of aliphatic hydroxyl groups excluding tert-OH is 1. The highest BCUT2D eigenvalue weighted by Gasteiger charge is 2.06. The molecule has 0 fully saturated rings. The molecule has 1 atom stereocenters. The molecule has 0 bridgehead atoms. The summed E-state index contributed by atoms with van der Waals surface area (Å²) in [6, 6.07) is 7.64. The normalized spacial score (nSPS) is 12.4. The van der Waals surface area contributed by atoms with E-state index in [4.69, 9.17) is 26.2 Å². The molecule has 0 aromatic heterocycles. The second kappa shape index (κ2) is 7.49. The van der Waals surface area contributed by atoms with Crippen molar-refractivity contribution in [3.8, 4) is 5.75 Å². The number of ether oxygens (including phenoxy) is 2. The zero-order chi connectivity index (χ0) is 11.8. The first-order chi connectivity index (χ1) is 7.80. The molecule has 0 saturated carbocycles. The Morgan fingerprint density at radius 2 is 2.00 bits per heavy atom. The van der Waals surface area contributed by atoms with Crippen molar-refractivity contribution in [1.29, 1.82) is 0 Å². The lowest BCUT2D eigenvalue weighted by Gasteiger charge is -2.14. The van der Waals surface area contributed by atoms with Crippen molar-refractivity contribution in [3.05, 3.63) is 29.8 Å². The Morgan fingerprint density at radius 3 is 2.50 bits per heavy atom. The van der Waals surface area contributed by atoms with Gasteiger partial charge in [0.25, 0.3) is 0 Å². The number of methoxy groups -OCH3 is 1. The molecule has 3 nitrogen and oxygen atoms in total. The molecule has 1 aromatic carbocycles. The molecule has 0 heterocycles. The van der Waals surface area contributed by atoms with Gasteiger partial charge in [-0.3, -0.25) is 0 Å². The summed E-state index contributed by atoms with van der Waals surface area (Å²) in [6.07, 6.45) is 0.480. The van der Waals surface area contributed by atoms with Crippen molar-refractivity contribution in [2.45, 2.75) is 19.1 Å². The summed E-state index contributed by atoms with van der Waals surface area (Å²) in [5, 5.41) is 9.01. The molecule has 1 N–H and O–H groups in total. The number of rotatable bonds is 7. The van der Waals surface area contributed by atoms with Crippen molar-refractivity contribution in [2.75, 3.05) is 19.6 Å². The van der Waals surface area contributed by atoms with E-state index in [1.165, 1.54) is 0 Å². The Kier molecular flexibility index (Phi) is 6.23. The van der Waals surface area contributed by atoms with Crippen molar-refractivity contribution in [3.63, 3.8) is 0 Å². The van der Waals surface area contributed by atoms with Crippen LogP contribution in [0.1, 0.15) is 12.0 Å². The SMILES string of the molecule is COc1ccc(CO[C@H](CO)CCCl)cc1. The highest BCUT2D eigenvalue weighted by Crippen LogP contribution is 2.13. The van der Waals surface area contributed by atoms with E-state index in [9.17, 15) is 0 Å². The number of halogens is 1. The smallest absolute Gasteiger partial charge is 0.118 e. The lowest BCUT2D eigenvalue weighted by Crippen LogP contribution is -2.18. The summed E-state index contributed by atoms with van der Waals surface area (Å²) >= 11 is 5.59. The van der Waals surface area contributed by atoms with Gasteiger partial charge in [0.05, 0.1) is 26.4 Å². The molecule has 90 valence electrons. The van der Waals surface area contributed by atoms with Gasteiger partial charge in [-0.1, -0.05) is 12.1 Å². The van der Waals surface area contributed by atoms with Gasteiger partial charge in [-0.25, -0.2) is 0 Å². The second-order valence-corrected chi connectivity index (χ2v) is 3.82. The predicted octanol–water partition coefficient (Wildman–Crippen LogP) is 2.20. The zero-order valence-electron chi connectivity index (χ0n) is 9.36. The van der Waals surface area contributed by atoms with E-state index in [2.05, 4.69) is 0 Å². The third-order valence-electron chi connectivity index (χ3n) is 2.28. The van der Waals surface area contributed by atoms with E-state index in [1.807, 2.05) is 24.3 Å². The molecular formula is C12H17ClO3. The minimum absolute atomic E-state index is 0.00285. The number of hydrogen-bond donors (Lipinski definition) is 1. The molecule has 4 heteroatoms. The maximum Gasteiger partial charge on any atom is 0.118 e. The van der Waals surface area contributed by atoms with Gasteiger partial charge in [-0.2, -0.15) is 0 Å². The number of benzene rings is 1. The minimum atomic E-state index is -0.181. The molecule has 1 rings (SSSR count). The highest BCUT2D eigenvalue weighted by atomic mass is 35.5. The molecule has 0 spiro atoms. The van der Waals surface area contributed by atoms with Crippen LogP contribution in [0.5, 0.6) is 5.75 Å².